The minimum absolute atomic E-state index is 0. The van der Waals surface area contributed by atoms with E-state index in [1.807, 2.05) is 30.3 Å². The molecule has 1 heterocycles. The van der Waals surface area contributed by atoms with E-state index in [1.54, 1.807) is 24.3 Å². The van der Waals surface area contributed by atoms with E-state index in [0.29, 0.717) is 11.4 Å². The van der Waals surface area contributed by atoms with Crippen LogP contribution in [0.1, 0.15) is 5.56 Å². The number of halogens is 1. The Bertz CT molecular complexity index is 739. The van der Waals surface area contributed by atoms with Crippen molar-refractivity contribution in [1.82, 2.24) is 0 Å². The van der Waals surface area contributed by atoms with Crippen molar-refractivity contribution in [2.75, 3.05) is 18.1 Å². The summed E-state index contributed by atoms with van der Waals surface area (Å²) >= 11 is 0. The molecule has 0 fully saturated rings. The number of esters is 1. The molecule has 0 radical (unpaired) electrons. The maximum atomic E-state index is 12.4. The van der Waals surface area contributed by atoms with Crippen LogP contribution in [0.4, 0.5) is 5.69 Å². The standard InChI is InChI=1S/C18H18N2O4.ClH/c19-14-12-23-16-9-5-4-8-15(16)20(18(14)22)10-17(21)24-11-13-6-2-1-3-7-13;/h1-9,14H,10-12,19H2;1H. The van der Waals surface area contributed by atoms with Crippen molar-refractivity contribution in [3.8, 4) is 5.75 Å². The van der Waals surface area contributed by atoms with Gasteiger partial charge < -0.3 is 15.2 Å². The summed E-state index contributed by atoms with van der Waals surface area (Å²) in [6, 6.07) is 15.6. The van der Waals surface area contributed by atoms with Crippen LogP contribution < -0.4 is 15.4 Å². The van der Waals surface area contributed by atoms with Crippen LogP contribution in [0.3, 0.4) is 0 Å². The largest absolute Gasteiger partial charge is 0.489 e. The Labute approximate surface area is 151 Å². The normalized spacial score (nSPS) is 16.1. The van der Waals surface area contributed by atoms with E-state index in [9.17, 15) is 9.59 Å². The van der Waals surface area contributed by atoms with Gasteiger partial charge in [0.05, 0.1) is 5.69 Å². The molecule has 0 spiro atoms. The predicted octanol–water partition coefficient (Wildman–Crippen LogP) is 1.90. The third-order valence-electron chi connectivity index (χ3n) is 3.69. The lowest BCUT2D eigenvalue weighted by atomic mass is 10.2. The minimum Gasteiger partial charge on any atom is -0.489 e. The third-order valence-corrected chi connectivity index (χ3v) is 3.69. The number of hydrogen-bond acceptors (Lipinski definition) is 5. The zero-order valence-corrected chi connectivity index (χ0v) is 14.3. The van der Waals surface area contributed by atoms with Crippen LogP contribution in [0.2, 0.25) is 0 Å². The number of nitrogens with two attached hydrogens (primary N) is 1. The van der Waals surface area contributed by atoms with E-state index in [4.69, 9.17) is 15.2 Å². The zero-order chi connectivity index (χ0) is 16.9. The number of benzene rings is 2. The molecule has 0 aliphatic carbocycles. The summed E-state index contributed by atoms with van der Waals surface area (Å²) in [6.45, 7) is 0.0249. The summed E-state index contributed by atoms with van der Waals surface area (Å²) in [6.07, 6.45) is 0. The molecule has 1 amide bonds. The van der Waals surface area contributed by atoms with Crippen molar-refractivity contribution in [2.45, 2.75) is 12.6 Å². The summed E-state index contributed by atoms with van der Waals surface area (Å²) in [7, 11) is 0. The fourth-order valence-corrected chi connectivity index (χ4v) is 2.45. The van der Waals surface area contributed by atoms with Gasteiger partial charge in [-0.25, -0.2) is 0 Å². The van der Waals surface area contributed by atoms with Crippen molar-refractivity contribution in [3.63, 3.8) is 0 Å². The molecule has 0 bridgehead atoms. The fraction of sp³-hybridized carbons (Fsp3) is 0.222. The van der Waals surface area contributed by atoms with E-state index in [0.717, 1.165) is 5.56 Å². The lowest BCUT2D eigenvalue weighted by Crippen LogP contribution is -2.47. The molecule has 6 nitrogen and oxygen atoms in total. The van der Waals surface area contributed by atoms with Gasteiger partial charge in [0.25, 0.3) is 0 Å². The molecular weight excluding hydrogens is 344 g/mol. The molecule has 1 aliphatic heterocycles. The smallest absolute Gasteiger partial charge is 0.326 e. The average Bonchev–Trinajstić information content (AvgIpc) is 2.73. The summed E-state index contributed by atoms with van der Waals surface area (Å²) in [5.41, 5.74) is 7.22. The number of rotatable bonds is 4. The highest BCUT2D eigenvalue weighted by molar-refractivity contribution is 6.02. The van der Waals surface area contributed by atoms with E-state index in [-0.39, 0.29) is 38.1 Å². The van der Waals surface area contributed by atoms with Crippen molar-refractivity contribution >= 4 is 30.0 Å². The minimum atomic E-state index is -0.820. The molecule has 3 rings (SSSR count). The number of ether oxygens (including phenoxy) is 2. The van der Waals surface area contributed by atoms with E-state index in [2.05, 4.69) is 0 Å². The van der Waals surface area contributed by atoms with Crippen molar-refractivity contribution in [3.05, 3.63) is 60.2 Å². The number of amides is 1. The SMILES string of the molecule is Cl.NC1COc2ccccc2N(CC(=O)OCc2ccccc2)C1=O. The van der Waals surface area contributed by atoms with Gasteiger partial charge in [0.15, 0.2) is 0 Å². The Morgan fingerprint density at radius 1 is 1.16 bits per heavy atom. The number of carbonyl (C=O) groups excluding carboxylic acids is 2. The van der Waals surface area contributed by atoms with Gasteiger partial charge in [-0.1, -0.05) is 42.5 Å². The monoisotopic (exact) mass is 362 g/mol. The van der Waals surface area contributed by atoms with Gasteiger partial charge in [0, 0.05) is 0 Å². The van der Waals surface area contributed by atoms with Crippen LogP contribution in [-0.4, -0.2) is 31.1 Å². The summed E-state index contributed by atoms with van der Waals surface area (Å²) < 4.78 is 10.8. The van der Waals surface area contributed by atoms with Gasteiger partial charge in [-0.05, 0) is 17.7 Å². The van der Waals surface area contributed by atoms with Gasteiger partial charge in [-0.2, -0.15) is 0 Å². The first-order chi connectivity index (χ1) is 11.6. The van der Waals surface area contributed by atoms with E-state index < -0.39 is 12.0 Å². The van der Waals surface area contributed by atoms with Crippen LogP contribution in [0.25, 0.3) is 0 Å². The molecule has 132 valence electrons. The number of fused-ring (bicyclic) bond motifs is 1. The molecule has 2 N–H and O–H groups in total. The van der Waals surface area contributed by atoms with Crippen LogP contribution in [0.5, 0.6) is 5.75 Å². The fourth-order valence-electron chi connectivity index (χ4n) is 2.45. The van der Waals surface area contributed by atoms with Crippen LogP contribution in [0, 0.1) is 0 Å². The Hall–Kier alpha value is -2.57. The van der Waals surface area contributed by atoms with Crippen LogP contribution in [0.15, 0.2) is 54.6 Å². The predicted molar refractivity (Wildman–Crippen MR) is 95.8 cm³/mol. The molecule has 2 aromatic carbocycles. The zero-order valence-electron chi connectivity index (χ0n) is 13.5. The number of nitrogens with zero attached hydrogens (tertiary/aromatic N) is 1. The Morgan fingerprint density at radius 3 is 2.60 bits per heavy atom. The van der Waals surface area contributed by atoms with Gasteiger partial charge >= 0.3 is 5.97 Å². The van der Waals surface area contributed by atoms with Crippen LogP contribution >= 0.6 is 12.4 Å². The van der Waals surface area contributed by atoms with Crippen LogP contribution in [-0.2, 0) is 20.9 Å². The molecule has 7 heteroatoms. The maximum Gasteiger partial charge on any atom is 0.326 e. The summed E-state index contributed by atoms with van der Waals surface area (Å²) in [4.78, 5) is 25.9. The maximum absolute atomic E-state index is 12.4. The lowest BCUT2D eigenvalue weighted by Gasteiger charge is -2.22. The highest BCUT2D eigenvalue weighted by atomic mass is 35.5. The highest BCUT2D eigenvalue weighted by Gasteiger charge is 2.30. The molecule has 2 aromatic rings. The topological polar surface area (TPSA) is 81.9 Å². The molecule has 1 aliphatic rings. The number of carbonyl (C=O) groups is 2. The molecule has 1 atom stereocenters. The molecule has 25 heavy (non-hydrogen) atoms. The molecule has 1 unspecified atom stereocenters. The van der Waals surface area contributed by atoms with Crippen molar-refractivity contribution in [1.29, 1.82) is 0 Å². The molecule has 0 saturated carbocycles. The molecule has 0 saturated heterocycles. The van der Waals surface area contributed by atoms with E-state index in [1.165, 1.54) is 4.90 Å². The van der Waals surface area contributed by atoms with Gasteiger partial charge in [0.1, 0.15) is 31.5 Å². The first-order valence-electron chi connectivity index (χ1n) is 7.63. The number of hydrogen-bond donors (Lipinski definition) is 1. The number of para-hydroxylation sites is 2. The lowest BCUT2D eigenvalue weighted by molar-refractivity contribution is -0.144. The molecule has 0 aromatic heterocycles. The second kappa shape index (κ2) is 8.50. The van der Waals surface area contributed by atoms with E-state index >= 15 is 0 Å². The first-order valence-corrected chi connectivity index (χ1v) is 7.63. The van der Waals surface area contributed by atoms with Crippen molar-refractivity contribution in [2.24, 2.45) is 5.73 Å². The van der Waals surface area contributed by atoms with Gasteiger partial charge in [-0.15, -0.1) is 12.4 Å². The third kappa shape index (κ3) is 4.49. The Kier molecular flexibility index (Phi) is 6.38. The Morgan fingerprint density at radius 2 is 1.84 bits per heavy atom. The van der Waals surface area contributed by atoms with Gasteiger partial charge in [-0.3, -0.25) is 14.5 Å². The average molecular weight is 363 g/mol. The summed E-state index contributed by atoms with van der Waals surface area (Å²) in [5, 5.41) is 0. The summed E-state index contributed by atoms with van der Waals surface area (Å²) in [5.74, 6) is -0.345. The second-order valence-electron chi connectivity index (χ2n) is 5.46. The first kappa shape index (κ1) is 18.8. The van der Waals surface area contributed by atoms with Gasteiger partial charge in [0.2, 0.25) is 5.91 Å². The van der Waals surface area contributed by atoms with Crippen molar-refractivity contribution < 1.29 is 19.1 Å². The Balaban J connectivity index is 0.00000225. The quantitative estimate of drug-likeness (QED) is 0.840. The second-order valence-corrected chi connectivity index (χ2v) is 5.46. The molecular formula is C18H19ClN2O4. The highest BCUT2D eigenvalue weighted by Crippen LogP contribution is 2.30. The number of anilines is 1.